The lowest BCUT2D eigenvalue weighted by molar-refractivity contribution is 0.332. The van der Waals surface area contributed by atoms with E-state index >= 15 is 0 Å². The molecule has 0 aromatic heterocycles. The Hall–Kier alpha value is -0.180. The first-order valence-corrected chi connectivity index (χ1v) is 10.1. The summed E-state index contributed by atoms with van der Waals surface area (Å²) in [7, 11) is -6.67. The third-order valence-electron chi connectivity index (χ3n) is 4.62. The van der Waals surface area contributed by atoms with Gasteiger partial charge in [-0.3, -0.25) is 0 Å². The van der Waals surface area contributed by atoms with Gasteiger partial charge in [0, 0.05) is 18.6 Å². The second-order valence-electron chi connectivity index (χ2n) is 5.97. The average Bonchev–Trinajstić information content (AvgIpc) is 2.91. The predicted molar refractivity (Wildman–Crippen MR) is 72.0 cm³/mol. The van der Waals surface area contributed by atoms with Gasteiger partial charge in [-0.05, 0) is 32.2 Å². The molecule has 3 rings (SSSR count). The fourth-order valence-electron chi connectivity index (χ4n) is 3.73. The molecule has 3 aliphatic heterocycles. The summed E-state index contributed by atoms with van der Waals surface area (Å²) < 4.78 is 50.1. The molecule has 4 atom stereocenters. The first kappa shape index (κ1) is 13.8. The van der Waals surface area contributed by atoms with E-state index in [0.29, 0.717) is 12.5 Å². The van der Waals surface area contributed by atoms with Crippen LogP contribution < -0.4 is 5.32 Å². The fourth-order valence-corrected chi connectivity index (χ4v) is 8.71. The van der Waals surface area contributed by atoms with Gasteiger partial charge in [-0.1, -0.05) is 0 Å². The second-order valence-corrected chi connectivity index (χ2v) is 10.3. The van der Waals surface area contributed by atoms with Crippen molar-refractivity contribution in [2.75, 3.05) is 24.6 Å². The smallest absolute Gasteiger partial charge is 0.218 e. The lowest BCUT2D eigenvalue weighted by Crippen LogP contribution is -2.47. The van der Waals surface area contributed by atoms with E-state index < -0.39 is 25.1 Å². The molecule has 3 heterocycles. The Kier molecular flexibility index (Phi) is 3.20. The van der Waals surface area contributed by atoms with Gasteiger partial charge in [-0.2, -0.15) is 4.31 Å². The maximum Gasteiger partial charge on any atom is 0.218 e. The standard InChI is InChI=1S/C11H20N2O4S2/c1-8-4-9-5-12-6-11(9)13(8)19(16,17)10-2-3-18(14,15)7-10/h8-12H,2-7H2,1H3. The molecule has 19 heavy (non-hydrogen) atoms. The summed E-state index contributed by atoms with van der Waals surface area (Å²) in [5.41, 5.74) is 0. The van der Waals surface area contributed by atoms with E-state index in [4.69, 9.17) is 0 Å². The van der Waals surface area contributed by atoms with Crippen LogP contribution in [0.3, 0.4) is 0 Å². The van der Waals surface area contributed by atoms with Crippen LogP contribution in [0.15, 0.2) is 0 Å². The van der Waals surface area contributed by atoms with Crippen LogP contribution in [-0.2, 0) is 19.9 Å². The number of rotatable bonds is 2. The van der Waals surface area contributed by atoms with Gasteiger partial charge in [-0.15, -0.1) is 0 Å². The van der Waals surface area contributed by atoms with Crippen LogP contribution in [0.1, 0.15) is 19.8 Å². The Balaban J connectivity index is 1.88. The summed E-state index contributed by atoms with van der Waals surface area (Å²) in [6.45, 7) is 3.48. The van der Waals surface area contributed by atoms with Crippen LogP contribution >= 0.6 is 0 Å². The SMILES string of the molecule is CC1CC2CNCC2N1S(=O)(=O)C1CCS(=O)(=O)C1. The maximum atomic E-state index is 12.7. The Bertz CT molecular complexity index is 572. The van der Waals surface area contributed by atoms with Gasteiger partial charge in [0.1, 0.15) is 0 Å². The Morgan fingerprint density at radius 3 is 2.63 bits per heavy atom. The molecular formula is C11H20N2O4S2. The Labute approximate surface area is 114 Å². The third-order valence-corrected chi connectivity index (χ3v) is 9.06. The minimum absolute atomic E-state index is 0.00542. The van der Waals surface area contributed by atoms with E-state index in [1.807, 2.05) is 6.92 Å². The molecule has 6 nitrogen and oxygen atoms in total. The summed E-state index contributed by atoms with van der Waals surface area (Å²) >= 11 is 0. The van der Waals surface area contributed by atoms with Crippen molar-refractivity contribution in [3.63, 3.8) is 0 Å². The quantitative estimate of drug-likeness (QED) is 0.721. The van der Waals surface area contributed by atoms with Crippen molar-refractivity contribution >= 4 is 19.9 Å². The molecule has 0 amide bonds. The van der Waals surface area contributed by atoms with E-state index in [9.17, 15) is 16.8 Å². The van der Waals surface area contributed by atoms with Crippen molar-refractivity contribution in [1.82, 2.24) is 9.62 Å². The first-order chi connectivity index (χ1) is 8.81. The highest BCUT2D eigenvalue weighted by Crippen LogP contribution is 2.37. The van der Waals surface area contributed by atoms with Gasteiger partial charge >= 0.3 is 0 Å². The highest BCUT2D eigenvalue weighted by atomic mass is 32.2. The Morgan fingerprint density at radius 1 is 1.26 bits per heavy atom. The molecule has 1 N–H and O–H groups in total. The van der Waals surface area contributed by atoms with Gasteiger partial charge in [0.2, 0.25) is 10.0 Å². The van der Waals surface area contributed by atoms with Crippen molar-refractivity contribution in [3.8, 4) is 0 Å². The topological polar surface area (TPSA) is 83.6 Å². The van der Waals surface area contributed by atoms with Gasteiger partial charge in [0.25, 0.3) is 0 Å². The molecule has 110 valence electrons. The monoisotopic (exact) mass is 308 g/mol. The van der Waals surface area contributed by atoms with Crippen LogP contribution in [0.2, 0.25) is 0 Å². The number of hydrogen-bond acceptors (Lipinski definition) is 5. The maximum absolute atomic E-state index is 12.7. The molecule has 4 unspecified atom stereocenters. The van der Waals surface area contributed by atoms with Crippen molar-refractivity contribution < 1.29 is 16.8 Å². The number of hydrogen-bond donors (Lipinski definition) is 1. The normalized spacial score (nSPS) is 42.6. The zero-order valence-electron chi connectivity index (χ0n) is 10.9. The zero-order chi connectivity index (χ0) is 13.8. The number of nitrogens with zero attached hydrogens (tertiary/aromatic N) is 1. The molecule has 0 spiro atoms. The molecule has 0 radical (unpaired) electrons. The summed E-state index contributed by atoms with van der Waals surface area (Å²) in [6, 6.07) is 0.00806. The molecule has 8 heteroatoms. The van der Waals surface area contributed by atoms with E-state index in [0.717, 1.165) is 13.0 Å². The van der Waals surface area contributed by atoms with Crippen LogP contribution in [0.5, 0.6) is 0 Å². The summed E-state index contributed by atoms with van der Waals surface area (Å²) in [6.07, 6.45) is 1.12. The minimum atomic E-state index is -3.50. The largest absolute Gasteiger partial charge is 0.315 e. The minimum Gasteiger partial charge on any atom is -0.315 e. The molecule has 3 saturated heterocycles. The zero-order valence-corrected chi connectivity index (χ0v) is 12.6. The molecule has 3 aliphatic rings. The van der Waals surface area contributed by atoms with Crippen molar-refractivity contribution in [3.05, 3.63) is 0 Å². The summed E-state index contributed by atoms with van der Waals surface area (Å²) in [4.78, 5) is 0. The fraction of sp³-hybridized carbons (Fsp3) is 1.00. The van der Waals surface area contributed by atoms with Crippen molar-refractivity contribution in [2.45, 2.75) is 37.1 Å². The predicted octanol–water partition coefficient (Wildman–Crippen LogP) is -0.814. The van der Waals surface area contributed by atoms with E-state index in [-0.39, 0.29) is 30.0 Å². The molecule has 0 aromatic carbocycles. The lowest BCUT2D eigenvalue weighted by atomic mass is 10.0. The molecule has 0 saturated carbocycles. The first-order valence-electron chi connectivity index (χ1n) is 6.75. The third kappa shape index (κ3) is 2.22. The molecule has 3 fully saturated rings. The molecule has 0 aliphatic carbocycles. The van der Waals surface area contributed by atoms with Crippen molar-refractivity contribution in [1.29, 1.82) is 0 Å². The Morgan fingerprint density at radius 2 is 2.00 bits per heavy atom. The van der Waals surface area contributed by atoms with Crippen molar-refractivity contribution in [2.24, 2.45) is 5.92 Å². The number of sulfonamides is 1. The lowest BCUT2D eigenvalue weighted by Gasteiger charge is -2.29. The summed E-state index contributed by atoms with van der Waals surface area (Å²) in [5.74, 6) is 0.178. The van der Waals surface area contributed by atoms with Gasteiger partial charge in [0.05, 0.1) is 16.8 Å². The van der Waals surface area contributed by atoms with Crippen LogP contribution in [0, 0.1) is 5.92 Å². The molecular weight excluding hydrogens is 288 g/mol. The van der Waals surface area contributed by atoms with Gasteiger partial charge in [0.15, 0.2) is 9.84 Å². The van der Waals surface area contributed by atoms with Crippen LogP contribution in [0.4, 0.5) is 0 Å². The number of fused-ring (bicyclic) bond motifs is 1. The van der Waals surface area contributed by atoms with Crippen LogP contribution in [-0.4, -0.2) is 63.1 Å². The van der Waals surface area contributed by atoms with E-state index in [1.165, 1.54) is 0 Å². The highest BCUT2D eigenvalue weighted by molar-refractivity contribution is 7.95. The average molecular weight is 308 g/mol. The number of sulfone groups is 1. The molecule has 0 bridgehead atoms. The van der Waals surface area contributed by atoms with Gasteiger partial charge in [-0.25, -0.2) is 16.8 Å². The summed E-state index contributed by atoms with van der Waals surface area (Å²) in [5, 5.41) is 2.49. The second kappa shape index (κ2) is 4.41. The van der Waals surface area contributed by atoms with E-state index in [2.05, 4.69) is 5.32 Å². The van der Waals surface area contributed by atoms with Gasteiger partial charge < -0.3 is 5.32 Å². The van der Waals surface area contributed by atoms with Crippen LogP contribution in [0.25, 0.3) is 0 Å². The number of nitrogens with one attached hydrogen (secondary N) is 1. The molecule has 0 aromatic rings. The van der Waals surface area contributed by atoms with E-state index in [1.54, 1.807) is 4.31 Å². The highest BCUT2D eigenvalue weighted by Gasteiger charge is 2.51.